The van der Waals surface area contributed by atoms with Crippen molar-refractivity contribution in [1.29, 1.82) is 0 Å². The summed E-state index contributed by atoms with van der Waals surface area (Å²) in [6.45, 7) is 7.74. The number of ether oxygens (including phenoxy) is 1. The standard InChI is InChI=1S/C18H32N4O5/c1-6-14(23)20-10-9-12(15(24)19-5)21-16(25)13-8-7-11-22(13)17(26)27-18(2,3)4/h12-13H,6-11H2,1-5H3,(H,19,24)(H,20,23)(H,21,25)/t12-,13?/m0/s1. The third-order valence-corrected chi connectivity index (χ3v) is 4.14. The van der Waals surface area contributed by atoms with Crippen molar-refractivity contribution in [2.75, 3.05) is 20.1 Å². The maximum atomic E-state index is 12.7. The molecule has 154 valence electrons. The summed E-state index contributed by atoms with van der Waals surface area (Å²) in [5.41, 5.74) is -0.650. The Morgan fingerprint density at radius 3 is 2.44 bits per heavy atom. The van der Waals surface area contributed by atoms with E-state index in [0.29, 0.717) is 25.8 Å². The van der Waals surface area contributed by atoms with E-state index in [2.05, 4.69) is 16.0 Å². The van der Waals surface area contributed by atoms with Crippen LogP contribution in [0, 0.1) is 0 Å². The van der Waals surface area contributed by atoms with Crippen LogP contribution in [0.4, 0.5) is 4.79 Å². The summed E-state index contributed by atoms with van der Waals surface area (Å²) in [5, 5.41) is 7.89. The summed E-state index contributed by atoms with van der Waals surface area (Å²) >= 11 is 0. The van der Waals surface area contributed by atoms with Crippen molar-refractivity contribution in [3.63, 3.8) is 0 Å². The van der Waals surface area contributed by atoms with Crippen molar-refractivity contribution in [2.24, 2.45) is 0 Å². The average Bonchev–Trinajstić information content (AvgIpc) is 3.08. The zero-order valence-corrected chi connectivity index (χ0v) is 16.9. The lowest BCUT2D eigenvalue weighted by Gasteiger charge is -2.29. The summed E-state index contributed by atoms with van der Waals surface area (Å²) in [7, 11) is 1.48. The maximum Gasteiger partial charge on any atom is 0.410 e. The van der Waals surface area contributed by atoms with Crippen molar-refractivity contribution >= 4 is 23.8 Å². The first kappa shape index (κ1) is 22.7. The normalized spacial score (nSPS) is 17.8. The molecule has 0 aromatic heterocycles. The van der Waals surface area contributed by atoms with Crippen LogP contribution in [0.1, 0.15) is 53.4 Å². The molecule has 4 amide bonds. The SMILES string of the molecule is CCC(=O)NCC[C@H](NC(=O)C1CCCN1C(=O)OC(C)(C)C)C(=O)NC. The van der Waals surface area contributed by atoms with Gasteiger partial charge in [0.05, 0.1) is 0 Å². The lowest BCUT2D eigenvalue weighted by Crippen LogP contribution is -2.53. The Morgan fingerprint density at radius 2 is 1.89 bits per heavy atom. The molecule has 1 fully saturated rings. The molecule has 27 heavy (non-hydrogen) atoms. The van der Waals surface area contributed by atoms with E-state index < -0.39 is 29.7 Å². The molecule has 9 nitrogen and oxygen atoms in total. The molecule has 1 aliphatic heterocycles. The van der Waals surface area contributed by atoms with Gasteiger partial charge in [0.2, 0.25) is 17.7 Å². The smallest absolute Gasteiger partial charge is 0.410 e. The molecule has 0 radical (unpaired) electrons. The van der Waals surface area contributed by atoms with Crippen LogP contribution in [0.3, 0.4) is 0 Å². The van der Waals surface area contributed by atoms with Gasteiger partial charge in [0.25, 0.3) is 0 Å². The highest BCUT2D eigenvalue weighted by Crippen LogP contribution is 2.21. The number of rotatable bonds is 7. The number of amides is 4. The first-order valence-corrected chi connectivity index (χ1v) is 9.37. The second kappa shape index (κ2) is 10.1. The van der Waals surface area contributed by atoms with E-state index in [1.54, 1.807) is 27.7 Å². The molecule has 1 saturated heterocycles. The number of carbonyl (C=O) groups excluding carboxylic acids is 4. The van der Waals surface area contributed by atoms with Gasteiger partial charge >= 0.3 is 6.09 Å². The summed E-state index contributed by atoms with van der Waals surface area (Å²) in [4.78, 5) is 49.8. The van der Waals surface area contributed by atoms with E-state index >= 15 is 0 Å². The highest BCUT2D eigenvalue weighted by molar-refractivity contribution is 5.91. The van der Waals surface area contributed by atoms with Crippen LogP contribution in [0.15, 0.2) is 0 Å². The molecular weight excluding hydrogens is 352 g/mol. The fourth-order valence-electron chi connectivity index (χ4n) is 2.77. The van der Waals surface area contributed by atoms with Crippen LogP contribution < -0.4 is 16.0 Å². The monoisotopic (exact) mass is 384 g/mol. The molecule has 0 saturated carbocycles. The molecule has 1 rings (SSSR count). The van der Waals surface area contributed by atoms with Gasteiger partial charge in [-0.2, -0.15) is 0 Å². The Balaban J connectivity index is 2.71. The number of likely N-dealkylation sites (tertiary alicyclic amines) is 1. The molecule has 2 atom stereocenters. The van der Waals surface area contributed by atoms with Crippen LogP contribution in [-0.2, 0) is 19.1 Å². The van der Waals surface area contributed by atoms with Crippen LogP contribution in [0.5, 0.6) is 0 Å². The van der Waals surface area contributed by atoms with Crippen molar-refractivity contribution in [2.45, 2.75) is 71.1 Å². The first-order valence-electron chi connectivity index (χ1n) is 9.37. The summed E-state index contributed by atoms with van der Waals surface area (Å²) in [6.07, 6.45) is 1.28. The van der Waals surface area contributed by atoms with Gasteiger partial charge in [-0.1, -0.05) is 6.92 Å². The van der Waals surface area contributed by atoms with Gasteiger partial charge in [-0.25, -0.2) is 4.79 Å². The fraction of sp³-hybridized carbons (Fsp3) is 0.778. The van der Waals surface area contributed by atoms with Gasteiger partial charge < -0.3 is 20.7 Å². The minimum absolute atomic E-state index is 0.121. The summed E-state index contributed by atoms with van der Waals surface area (Å²) in [6, 6.07) is -1.46. The summed E-state index contributed by atoms with van der Waals surface area (Å²) < 4.78 is 5.36. The average molecular weight is 384 g/mol. The Morgan fingerprint density at radius 1 is 1.22 bits per heavy atom. The lowest BCUT2D eigenvalue weighted by atomic mass is 10.1. The zero-order chi connectivity index (χ0) is 20.6. The minimum atomic E-state index is -0.791. The third-order valence-electron chi connectivity index (χ3n) is 4.14. The molecule has 0 aromatic rings. The van der Waals surface area contributed by atoms with Crippen molar-refractivity contribution in [3.05, 3.63) is 0 Å². The number of hydrogen-bond donors (Lipinski definition) is 3. The number of hydrogen-bond acceptors (Lipinski definition) is 5. The lowest BCUT2D eigenvalue weighted by molar-refractivity contribution is -0.131. The van der Waals surface area contributed by atoms with Crippen LogP contribution in [-0.4, -0.2) is 66.5 Å². The second-order valence-corrected chi connectivity index (χ2v) is 7.50. The van der Waals surface area contributed by atoms with Gasteiger partial charge in [-0.3, -0.25) is 19.3 Å². The Labute approximate surface area is 160 Å². The van der Waals surface area contributed by atoms with E-state index in [0.717, 1.165) is 0 Å². The molecule has 0 aliphatic carbocycles. The van der Waals surface area contributed by atoms with Gasteiger partial charge in [-0.05, 0) is 40.0 Å². The number of nitrogens with zero attached hydrogens (tertiary/aromatic N) is 1. The highest BCUT2D eigenvalue weighted by Gasteiger charge is 2.37. The van der Waals surface area contributed by atoms with Crippen molar-refractivity contribution < 1.29 is 23.9 Å². The predicted octanol–water partition coefficient (Wildman–Crippen LogP) is 0.533. The fourth-order valence-corrected chi connectivity index (χ4v) is 2.77. The summed E-state index contributed by atoms with van der Waals surface area (Å²) in [5.74, 6) is -0.867. The molecule has 0 aromatic carbocycles. The van der Waals surface area contributed by atoms with Gasteiger partial charge in [0.15, 0.2) is 0 Å². The van der Waals surface area contributed by atoms with Crippen LogP contribution in [0.2, 0.25) is 0 Å². The Bertz CT molecular complexity index is 558. The van der Waals surface area contributed by atoms with Gasteiger partial charge in [0, 0.05) is 26.6 Å². The number of likely N-dealkylation sites (N-methyl/N-ethyl adjacent to an activating group) is 1. The van der Waals surface area contributed by atoms with E-state index in [9.17, 15) is 19.2 Å². The van der Waals surface area contributed by atoms with E-state index in [4.69, 9.17) is 4.74 Å². The van der Waals surface area contributed by atoms with E-state index in [1.807, 2.05) is 0 Å². The van der Waals surface area contributed by atoms with Crippen molar-refractivity contribution in [3.8, 4) is 0 Å². The third kappa shape index (κ3) is 7.44. The number of carbonyl (C=O) groups is 4. The molecule has 9 heteroatoms. The zero-order valence-electron chi connectivity index (χ0n) is 16.9. The van der Waals surface area contributed by atoms with E-state index in [-0.39, 0.29) is 24.8 Å². The minimum Gasteiger partial charge on any atom is -0.444 e. The van der Waals surface area contributed by atoms with Crippen molar-refractivity contribution in [1.82, 2.24) is 20.9 Å². The predicted molar refractivity (Wildman–Crippen MR) is 99.9 cm³/mol. The molecule has 1 aliphatic rings. The molecule has 1 unspecified atom stereocenters. The Kier molecular flexibility index (Phi) is 8.52. The quantitative estimate of drug-likeness (QED) is 0.592. The Hall–Kier alpha value is -2.32. The number of nitrogens with one attached hydrogen (secondary N) is 3. The topological polar surface area (TPSA) is 117 Å². The highest BCUT2D eigenvalue weighted by atomic mass is 16.6. The molecule has 3 N–H and O–H groups in total. The molecule has 1 heterocycles. The van der Waals surface area contributed by atoms with Gasteiger partial charge in [-0.15, -0.1) is 0 Å². The van der Waals surface area contributed by atoms with Gasteiger partial charge in [0.1, 0.15) is 17.7 Å². The molecular formula is C18H32N4O5. The molecule has 0 bridgehead atoms. The van der Waals surface area contributed by atoms with Crippen LogP contribution >= 0.6 is 0 Å². The largest absolute Gasteiger partial charge is 0.444 e. The maximum absolute atomic E-state index is 12.7. The second-order valence-electron chi connectivity index (χ2n) is 7.50. The van der Waals surface area contributed by atoms with Crippen LogP contribution in [0.25, 0.3) is 0 Å². The van der Waals surface area contributed by atoms with E-state index in [1.165, 1.54) is 11.9 Å². The first-order chi connectivity index (χ1) is 12.6. The molecule has 0 spiro atoms.